The Morgan fingerprint density at radius 2 is 2.44 bits per heavy atom. The summed E-state index contributed by atoms with van der Waals surface area (Å²) in [6.45, 7) is 1.14. The number of hydrogen-bond donors (Lipinski definition) is 1. The highest BCUT2D eigenvalue weighted by Gasteiger charge is 2.37. The van der Waals surface area contributed by atoms with E-state index in [1.807, 2.05) is 12.3 Å². The van der Waals surface area contributed by atoms with Gasteiger partial charge < -0.3 is 10.1 Å². The summed E-state index contributed by atoms with van der Waals surface area (Å²) < 4.78 is 6.03. The van der Waals surface area contributed by atoms with Crippen molar-refractivity contribution in [2.45, 2.75) is 12.5 Å². The van der Waals surface area contributed by atoms with Gasteiger partial charge in [0, 0.05) is 24.3 Å². The van der Waals surface area contributed by atoms with Crippen LogP contribution in [0.1, 0.15) is 12.0 Å². The first-order valence-corrected chi connectivity index (χ1v) is 6.22. The number of rotatable bonds is 2. The first kappa shape index (κ1) is 10.3. The van der Waals surface area contributed by atoms with Gasteiger partial charge in [0.05, 0.1) is 7.11 Å². The quantitative estimate of drug-likeness (QED) is 0.844. The van der Waals surface area contributed by atoms with Crippen LogP contribution in [-0.2, 0) is 0 Å². The number of aromatic nitrogens is 1. The first-order chi connectivity index (χ1) is 7.79. The van der Waals surface area contributed by atoms with E-state index in [0.29, 0.717) is 6.04 Å². The van der Waals surface area contributed by atoms with Gasteiger partial charge in [0.15, 0.2) is 5.75 Å². The largest absolute Gasteiger partial charge is 0.494 e. The van der Waals surface area contributed by atoms with Gasteiger partial charge in [-0.25, -0.2) is 4.98 Å². The number of methoxy groups -OCH3 is 1. The van der Waals surface area contributed by atoms with Gasteiger partial charge in [-0.3, -0.25) is 0 Å². The molecule has 2 atom stereocenters. The van der Waals surface area contributed by atoms with Crippen molar-refractivity contribution in [2.24, 2.45) is 5.92 Å². The van der Waals surface area contributed by atoms with E-state index >= 15 is 0 Å². The van der Waals surface area contributed by atoms with Crippen LogP contribution in [0.25, 0.3) is 5.57 Å². The molecule has 0 spiro atoms. The summed E-state index contributed by atoms with van der Waals surface area (Å²) in [5, 5.41) is 3.46. The van der Waals surface area contributed by atoms with Gasteiger partial charge in [-0.05, 0) is 39.9 Å². The minimum Gasteiger partial charge on any atom is -0.494 e. The van der Waals surface area contributed by atoms with E-state index in [0.717, 1.165) is 22.8 Å². The molecule has 3 rings (SSSR count). The Kier molecular flexibility index (Phi) is 2.48. The average molecular weight is 281 g/mol. The van der Waals surface area contributed by atoms with Crippen molar-refractivity contribution in [2.75, 3.05) is 13.7 Å². The van der Waals surface area contributed by atoms with Gasteiger partial charge in [-0.1, -0.05) is 6.08 Å². The third-order valence-corrected chi connectivity index (χ3v) is 4.00. The SMILES string of the molecule is COc1cc(C2=CCC3CNC23)cnc1Br. The Morgan fingerprint density at radius 1 is 1.56 bits per heavy atom. The molecule has 1 N–H and O–H groups in total. The molecule has 1 aromatic heterocycles. The number of ether oxygens (including phenoxy) is 1. The molecule has 1 aliphatic carbocycles. The molecule has 0 amide bonds. The van der Waals surface area contributed by atoms with E-state index in [1.165, 1.54) is 17.6 Å². The molecular weight excluding hydrogens is 268 g/mol. The molecule has 3 nitrogen and oxygen atoms in total. The van der Waals surface area contributed by atoms with Gasteiger partial charge in [0.1, 0.15) is 4.60 Å². The zero-order chi connectivity index (χ0) is 11.1. The lowest BCUT2D eigenvalue weighted by atomic mass is 9.89. The third-order valence-electron chi connectivity index (χ3n) is 3.41. The summed E-state index contributed by atoms with van der Waals surface area (Å²) >= 11 is 3.37. The maximum absolute atomic E-state index is 5.27. The molecule has 4 heteroatoms. The molecule has 0 bridgehead atoms. The van der Waals surface area contributed by atoms with Crippen LogP contribution in [0.4, 0.5) is 0 Å². The van der Waals surface area contributed by atoms with Crippen molar-refractivity contribution in [3.8, 4) is 5.75 Å². The van der Waals surface area contributed by atoms with Gasteiger partial charge in [-0.15, -0.1) is 0 Å². The van der Waals surface area contributed by atoms with Crippen LogP contribution in [0.2, 0.25) is 0 Å². The van der Waals surface area contributed by atoms with Crippen LogP contribution in [0.5, 0.6) is 5.75 Å². The number of allylic oxidation sites excluding steroid dienone is 1. The van der Waals surface area contributed by atoms with E-state index in [9.17, 15) is 0 Å². The van der Waals surface area contributed by atoms with E-state index in [-0.39, 0.29) is 0 Å². The Hall–Kier alpha value is -0.870. The second-order valence-electron chi connectivity index (χ2n) is 4.26. The van der Waals surface area contributed by atoms with E-state index in [1.54, 1.807) is 7.11 Å². The van der Waals surface area contributed by atoms with Gasteiger partial charge in [0.25, 0.3) is 0 Å². The van der Waals surface area contributed by atoms with Crippen molar-refractivity contribution in [3.05, 3.63) is 28.5 Å². The molecule has 2 aliphatic rings. The molecule has 16 heavy (non-hydrogen) atoms. The summed E-state index contributed by atoms with van der Waals surface area (Å²) in [6.07, 6.45) is 5.41. The number of nitrogens with zero attached hydrogens (tertiary/aromatic N) is 1. The fourth-order valence-corrected chi connectivity index (χ4v) is 2.80. The summed E-state index contributed by atoms with van der Waals surface area (Å²) in [7, 11) is 1.67. The first-order valence-electron chi connectivity index (χ1n) is 5.43. The summed E-state index contributed by atoms with van der Waals surface area (Å²) in [5.41, 5.74) is 2.54. The number of fused-ring (bicyclic) bond motifs is 1. The highest BCUT2D eigenvalue weighted by Crippen LogP contribution is 2.38. The Labute approximate surface area is 103 Å². The topological polar surface area (TPSA) is 34.1 Å². The minimum atomic E-state index is 0.535. The maximum atomic E-state index is 5.27. The van der Waals surface area contributed by atoms with Gasteiger partial charge in [-0.2, -0.15) is 0 Å². The van der Waals surface area contributed by atoms with Crippen molar-refractivity contribution in [1.82, 2.24) is 10.3 Å². The average Bonchev–Trinajstić information content (AvgIpc) is 2.54. The Bertz CT molecular complexity index is 458. The lowest BCUT2D eigenvalue weighted by molar-refractivity contribution is 0.306. The number of nitrogens with one attached hydrogen (secondary N) is 1. The number of hydrogen-bond acceptors (Lipinski definition) is 3. The van der Waals surface area contributed by atoms with E-state index in [2.05, 4.69) is 32.3 Å². The van der Waals surface area contributed by atoms with Crippen molar-refractivity contribution in [1.29, 1.82) is 0 Å². The fourth-order valence-electron chi connectivity index (χ4n) is 2.42. The summed E-state index contributed by atoms with van der Waals surface area (Å²) in [5.74, 6) is 1.59. The molecule has 2 unspecified atom stereocenters. The molecule has 1 aliphatic heterocycles. The maximum Gasteiger partial charge on any atom is 0.152 e. The van der Waals surface area contributed by atoms with Crippen molar-refractivity contribution >= 4 is 21.5 Å². The zero-order valence-electron chi connectivity index (χ0n) is 9.03. The molecular formula is C12H13BrN2O. The molecule has 2 heterocycles. The monoisotopic (exact) mass is 280 g/mol. The number of halogens is 1. The highest BCUT2D eigenvalue weighted by molar-refractivity contribution is 9.10. The minimum absolute atomic E-state index is 0.535. The fraction of sp³-hybridized carbons (Fsp3) is 0.417. The lowest BCUT2D eigenvalue weighted by Crippen LogP contribution is -2.50. The Balaban J connectivity index is 1.95. The Morgan fingerprint density at radius 3 is 3.06 bits per heavy atom. The molecule has 0 saturated carbocycles. The molecule has 0 aromatic carbocycles. The van der Waals surface area contributed by atoms with Crippen molar-refractivity contribution in [3.63, 3.8) is 0 Å². The predicted octanol–water partition coefficient (Wildman–Crippen LogP) is 2.23. The molecule has 1 fully saturated rings. The van der Waals surface area contributed by atoms with Crippen LogP contribution in [-0.4, -0.2) is 24.7 Å². The van der Waals surface area contributed by atoms with Crippen molar-refractivity contribution < 1.29 is 4.74 Å². The molecule has 84 valence electrons. The third kappa shape index (κ3) is 1.48. The second kappa shape index (κ2) is 3.86. The number of pyridine rings is 1. The highest BCUT2D eigenvalue weighted by atomic mass is 79.9. The van der Waals surface area contributed by atoms with Gasteiger partial charge >= 0.3 is 0 Å². The van der Waals surface area contributed by atoms with Crippen LogP contribution >= 0.6 is 15.9 Å². The summed E-state index contributed by atoms with van der Waals surface area (Å²) in [4.78, 5) is 4.30. The smallest absolute Gasteiger partial charge is 0.152 e. The molecule has 1 aromatic rings. The van der Waals surface area contributed by atoms with Crippen LogP contribution in [0, 0.1) is 5.92 Å². The predicted molar refractivity (Wildman–Crippen MR) is 66.4 cm³/mol. The molecule has 1 saturated heterocycles. The second-order valence-corrected chi connectivity index (χ2v) is 5.01. The van der Waals surface area contributed by atoms with Crippen LogP contribution in [0.3, 0.4) is 0 Å². The van der Waals surface area contributed by atoms with E-state index in [4.69, 9.17) is 4.74 Å². The van der Waals surface area contributed by atoms with E-state index < -0.39 is 0 Å². The van der Waals surface area contributed by atoms with Crippen LogP contribution < -0.4 is 10.1 Å². The van der Waals surface area contributed by atoms with Crippen LogP contribution in [0.15, 0.2) is 22.9 Å². The molecule has 0 radical (unpaired) electrons. The summed E-state index contributed by atoms with van der Waals surface area (Å²) in [6, 6.07) is 2.58. The zero-order valence-corrected chi connectivity index (χ0v) is 10.6. The standard InChI is InChI=1S/C12H13BrN2O/c1-16-10-4-8(6-15-12(10)13)9-3-2-7-5-14-11(7)9/h3-4,6-7,11,14H,2,5H2,1H3. The lowest BCUT2D eigenvalue weighted by Gasteiger charge is -2.34. The normalized spacial score (nSPS) is 27.0. The van der Waals surface area contributed by atoms with Gasteiger partial charge in [0.2, 0.25) is 0 Å².